The summed E-state index contributed by atoms with van der Waals surface area (Å²) in [6, 6.07) is 11.4. The zero-order chi connectivity index (χ0) is 13.7. The van der Waals surface area contributed by atoms with Gasteiger partial charge in [0.05, 0.1) is 0 Å². The van der Waals surface area contributed by atoms with Crippen LogP contribution < -0.4 is 4.90 Å². The molecular formula is C14H13ClN4. The molecule has 0 bridgehead atoms. The summed E-state index contributed by atoms with van der Waals surface area (Å²) >= 11 is 6.16. The minimum absolute atomic E-state index is 0.176. The quantitative estimate of drug-likeness (QED) is 0.858. The van der Waals surface area contributed by atoms with Crippen LogP contribution in [0.1, 0.15) is 18.3 Å². The fraction of sp³-hybridized carbons (Fsp3) is 0.214. The van der Waals surface area contributed by atoms with E-state index in [0.29, 0.717) is 6.54 Å². The lowest BCUT2D eigenvalue weighted by atomic mass is 10.2. The molecule has 0 unspecified atom stereocenters. The zero-order valence-corrected chi connectivity index (χ0v) is 11.3. The molecule has 0 aliphatic rings. The summed E-state index contributed by atoms with van der Waals surface area (Å²) in [6.07, 6.45) is 1.59. The van der Waals surface area contributed by atoms with Gasteiger partial charge in [-0.25, -0.2) is 9.97 Å². The summed E-state index contributed by atoms with van der Waals surface area (Å²) in [5.41, 5.74) is 1.03. The Bertz CT molecular complexity index is 606. The predicted molar refractivity (Wildman–Crippen MR) is 74.9 cm³/mol. The van der Waals surface area contributed by atoms with Crippen LogP contribution in [0.3, 0.4) is 0 Å². The highest BCUT2D eigenvalue weighted by atomic mass is 35.5. The maximum atomic E-state index is 8.84. The van der Waals surface area contributed by atoms with Gasteiger partial charge < -0.3 is 4.90 Å². The lowest BCUT2D eigenvalue weighted by Crippen LogP contribution is -2.23. The van der Waals surface area contributed by atoms with Crippen molar-refractivity contribution in [1.29, 1.82) is 5.26 Å². The van der Waals surface area contributed by atoms with Crippen molar-refractivity contribution in [1.82, 2.24) is 9.97 Å². The standard InChI is InChI=1S/C14H13ClN4/c1-2-19(10-11-5-3-4-6-12(11)15)14-7-8-17-13(9-16)18-14/h3-8H,2,10H2,1H3. The van der Waals surface area contributed by atoms with E-state index in [2.05, 4.69) is 9.97 Å². The van der Waals surface area contributed by atoms with Gasteiger partial charge >= 0.3 is 0 Å². The molecule has 0 fully saturated rings. The SMILES string of the molecule is CCN(Cc1ccccc1Cl)c1ccnc(C#N)n1. The molecule has 2 aromatic rings. The van der Waals surface area contributed by atoms with E-state index in [-0.39, 0.29) is 5.82 Å². The Hall–Kier alpha value is -2.12. The number of nitriles is 1. The largest absolute Gasteiger partial charge is 0.352 e. The summed E-state index contributed by atoms with van der Waals surface area (Å²) in [5, 5.41) is 9.57. The Labute approximate surface area is 117 Å². The second-order valence-electron chi connectivity index (χ2n) is 3.96. The van der Waals surface area contributed by atoms with E-state index >= 15 is 0 Å². The van der Waals surface area contributed by atoms with E-state index < -0.39 is 0 Å². The topological polar surface area (TPSA) is 52.8 Å². The lowest BCUT2D eigenvalue weighted by Gasteiger charge is -2.22. The summed E-state index contributed by atoms with van der Waals surface area (Å²) in [5.74, 6) is 0.907. The minimum Gasteiger partial charge on any atom is -0.352 e. The van der Waals surface area contributed by atoms with Gasteiger partial charge in [-0.15, -0.1) is 0 Å². The van der Waals surface area contributed by atoms with Crippen LogP contribution in [-0.2, 0) is 6.54 Å². The first-order chi connectivity index (χ1) is 9.24. The van der Waals surface area contributed by atoms with Crippen molar-refractivity contribution in [3.63, 3.8) is 0 Å². The van der Waals surface area contributed by atoms with Crippen LogP contribution in [0.4, 0.5) is 5.82 Å². The third-order valence-corrected chi connectivity index (χ3v) is 3.13. The molecule has 0 atom stereocenters. The van der Waals surface area contributed by atoms with E-state index in [0.717, 1.165) is 22.9 Å². The second-order valence-corrected chi connectivity index (χ2v) is 4.36. The number of aromatic nitrogens is 2. The highest BCUT2D eigenvalue weighted by molar-refractivity contribution is 6.31. The van der Waals surface area contributed by atoms with Gasteiger partial charge in [-0.3, -0.25) is 0 Å². The molecule has 19 heavy (non-hydrogen) atoms. The Morgan fingerprint density at radius 1 is 1.32 bits per heavy atom. The number of anilines is 1. The van der Waals surface area contributed by atoms with Gasteiger partial charge in [0.2, 0.25) is 5.82 Å². The molecule has 1 heterocycles. The summed E-state index contributed by atoms with van der Waals surface area (Å²) in [6.45, 7) is 3.45. The average molecular weight is 273 g/mol. The predicted octanol–water partition coefficient (Wildman–Crippen LogP) is 3.03. The smallest absolute Gasteiger partial charge is 0.234 e. The first-order valence-corrected chi connectivity index (χ1v) is 6.34. The van der Waals surface area contributed by atoms with Gasteiger partial charge in [0, 0.05) is 24.3 Å². The van der Waals surface area contributed by atoms with Gasteiger partial charge in [0.1, 0.15) is 11.9 Å². The molecule has 0 N–H and O–H groups in total. The van der Waals surface area contributed by atoms with Crippen molar-refractivity contribution in [3.8, 4) is 6.07 Å². The molecule has 0 amide bonds. The van der Waals surface area contributed by atoms with Gasteiger partial charge in [0.25, 0.3) is 0 Å². The summed E-state index contributed by atoms with van der Waals surface area (Å²) in [7, 11) is 0. The van der Waals surface area contributed by atoms with Crippen LogP contribution in [0.5, 0.6) is 0 Å². The van der Waals surface area contributed by atoms with E-state index in [1.54, 1.807) is 12.3 Å². The first-order valence-electron chi connectivity index (χ1n) is 5.96. The Kier molecular flexibility index (Phi) is 4.32. The molecule has 0 spiro atoms. The second kappa shape index (κ2) is 6.17. The summed E-state index contributed by atoms with van der Waals surface area (Å²) < 4.78 is 0. The molecule has 1 aromatic carbocycles. The van der Waals surface area contributed by atoms with E-state index in [9.17, 15) is 0 Å². The molecule has 5 heteroatoms. The molecule has 0 aliphatic carbocycles. The van der Waals surface area contributed by atoms with Crippen molar-refractivity contribution in [2.45, 2.75) is 13.5 Å². The lowest BCUT2D eigenvalue weighted by molar-refractivity contribution is 0.808. The van der Waals surface area contributed by atoms with Crippen molar-refractivity contribution in [2.75, 3.05) is 11.4 Å². The van der Waals surface area contributed by atoms with Crippen molar-refractivity contribution < 1.29 is 0 Å². The average Bonchev–Trinajstić information content (AvgIpc) is 2.46. The van der Waals surface area contributed by atoms with Crippen molar-refractivity contribution in [3.05, 3.63) is 52.9 Å². The fourth-order valence-electron chi connectivity index (χ4n) is 1.77. The molecule has 0 saturated carbocycles. The Morgan fingerprint density at radius 2 is 2.11 bits per heavy atom. The van der Waals surface area contributed by atoms with Crippen LogP contribution >= 0.6 is 11.6 Å². The first kappa shape index (κ1) is 13.3. The number of rotatable bonds is 4. The molecule has 96 valence electrons. The fourth-order valence-corrected chi connectivity index (χ4v) is 1.96. The molecule has 0 radical (unpaired) electrons. The van der Waals surface area contributed by atoms with Gasteiger partial charge in [-0.1, -0.05) is 29.8 Å². The molecule has 2 rings (SSSR count). The highest BCUT2D eigenvalue weighted by Gasteiger charge is 2.09. The Balaban J connectivity index is 2.25. The maximum absolute atomic E-state index is 8.84. The molecular weight excluding hydrogens is 260 g/mol. The number of nitrogens with zero attached hydrogens (tertiary/aromatic N) is 4. The van der Waals surface area contributed by atoms with Crippen molar-refractivity contribution >= 4 is 17.4 Å². The van der Waals surface area contributed by atoms with E-state index in [1.807, 2.05) is 42.2 Å². The number of hydrogen-bond acceptors (Lipinski definition) is 4. The van der Waals surface area contributed by atoms with Crippen LogP contribution in [0.15, 0.2) is 36.5 Å². The third-order valence-electron chi connectivity index (χ3n) is 2.77. The van der Waals surface area contributed by atoms with Gasteiger partial charge in [0.15, 0.2) is 0 Å². The number of benzene rings is 1. The normalized spacial score (nSPS) is 9.95. The van der Waals surface area contributed by atoms with Crippen LogP contribution in [0.2, 0.25) is 5.02 Å². The molecule has 0 saturated heterocycles. The summed E-state index contributed by atoms with van der Waals surface area (Å²) in [4.78, 5) is 10.1. The number of hydrogen-bond donors (Lipinski definition) is 0. The van der Waals surface area contributed by atoms with E-state index in [1.165, 1.54) is 0 Å². The number of halogens is 1. The molecule has 4 nitrogen and oxygen atoms in total. The maximum Gasteiger partial charge on any atom is 0.234 e. The molecule has 1 aromatic heterocycles. The monoisotopic (exact) mass is 272 g/mol. The van der Waals surface area contributed by atoms with Gasteiger partial charge in [-0.05, 0) is 24.6 Å². The third kappa shape index (κ3) is 3.21. The van der Waals surface area contributed by atoms with Crippen molar-refractivity contribution in [2.24, 2.45) is 0 Å². The Morgan fingerprint density at radius 3 is 2.79 bits per heavy atom. The minimum atomic E-state index is 0.176. The highest BCUT2D eigenvalue weighted by Crippen LogP contribution is 2.20. The molecule has 0 aliphatic heterocycles. The van der Waals surface area contributed by atoms with Crippen LogP contribution in [0.25, 0.3) is 0 Å². The van der Waals surface area contributed by atoms with Crippen LogP contribution in [-0.4, -0.2) is 16.5 Å². The zero-order valence-electron chi connectivity index (χ0n) is 10.5. The van der Waals surface area contributed by atoms with E-state index in [4.69, 9.17) is 16.9 Å². The van der Waals surface area contributed by atoms with Crippen LogP contribution in [0, 0.1) is 11.3 Å². The van der Waals surface area contributed by atoms with Gasteiger partial charge in [-0.2, -0.15) is 5.26 Å².